The number of nitrogens with one attached hydrogen (secondary N) is 3. The number of carbonyl (C=O) groups excluding carboxylic acids is 2. The van der Waals surface area contributed by atoms with Crippen LogP contribution in [0.4, 0.5) is 4.39 Å². The maximum absolute atomic E-state index is 13.8. The first kappa shape index (κ1) is 20.6. The molecule has 0 fully saturated rings. The highest BCUT2D eigenvalue weighted by atomic mass is 19.1. The zero-order valence-corrected chi connectivity index (χ0v) is 16.1. The number of hydrogen-bond acceptors (Lipinski definition) is 3. The highest BCUT2D eigenvalue weighted by molar-refractivity contribution is 5.89. The lowest BCUT2D eigenvalue weighted by atomic mass is 10.0. The van der Waals surface area contributed by atoms with Crippen LogP contribution in [0.1, 0.15) is 41.3 Å². The van der Waals surface area contributed by atoms with Crippen molar-refractivity contribution in [2.24, 2.45) is 0 Å². The van der Waals surface area contributed by atoms with Crippen molar-refractivity contribution in [3.05, 3.63) is 70.5 Å². The topological polar surface area (TPSA) is 70.2 Å². The molecule has 0 radical (unpaired) electrons. The van der Waals surface area contributed by atoms with Gasteiger partial charge in [0, 0.05) is 13.1 Å². The maximum Gasteiger partial charge on any atom is 0.246 e. The standard InChI is InChI=1S/C21H26FN3O2/c1-13-10-17(11-14(2)19(13)22)15(3)24-12-18(26)25-20(21(27)23-4)16-8-6-5-7-9-16/h5-11,15,20,24H,12H2,1-4H3,(H,23,27)(H,25,26)/t15-,20+/m1/s1. The summed E-state index contributed by atoms with van der Waals surface area (Å²) in [4.78, 5) is 24.5. The molecule has 0 aliphatic rings. The number of carbonyl (C=O) groups is 2. The van der Waals surface area contributed by atoms with Gasteiger partial charge in [0.25, 0.3) is 0 Å². The molecule has 0 saturated carbocycles. The monoisotopic (exact) mass is 371 g/mol. The second-order valence-electron chi connectivity index (χ2n) is 6.60. The molecule has 0 aliphatic carbocycles. The maximum atomic E-state index is 13.8. The Morgan fingerprint density at radius 2 is 1.63 bits per heavy atom. The molecule has 5 nitrogen and oxygen atoms in total. The van der Waals surface area contributed by atoms with Crippen LogP contribution in [0.25, 0.3) is 0 Å². The Kier molecular flexibility index (Phi) is 7.07. The van der Waals surface area contributed by atoms with E-state index in [0.717, 1.165) is 5.56 Å². The number of rotatable bonds is 7. The van der Waals surface area contributed by atoms with Gasteiger partial charge in [-0.3, -0.25) is 9.59 Å². The summed E-state index contributed by atoms with van der Waals surface area (Å²) >= 11 is 0. The zero-order valence-electron chi connectivity index (χ0n) is 16.1. The summed E-state index contributed by atoms with van der Waals surface area (Å²) in [6, 6.07) is 11.7. The van der Waals surface area contributed by atoms with Crippen molar-refractivity contribution < 1.29 is 14.0 Å². The molecule has 6 heteroatoms. The Bertz CT molecular complexity index is 785. The lowest BCUT2D eigenvalue weighted by Crippen LogP contribution is -2.42. The molecule has 0 aromatic heterocycles. The van der Waals surface area contributed by atoms with Gasteiger partial charge in [0.1, 0.15) is 11.9 Å². The summed E-state index contributed by atoms with van der Waals surface area (Å²) in [6.07, 6.45) is 0. The van der Waals surface area contributed by atoms with Crippen LogP contribution in [0, 0.1) is 19.7 Å². The normalized spacial score (nSPS) is 12.9. The first-order valence-electron chi connectivity index (χ1n) is 8.89. The second kappa shape index (κ2) is 9.28. The number of aryl methyl sites for hydroxylation is 2. The van der Waals surface area contributed by atoms with Gasteiger partial charge in [0.05, 0.1) is 6.54 Å². The second-order valence-corrected chi connectivity index (χ2v) is 6.60. The van der Waals surface area contributed by atoms with Gasteiger partial charge in [-0.1, -0.05) is 42.5 Å². The van der Waals surface area contributed by atoms with Crippen molar-refractivity contribution >= 4 is 11.8 Å². The van der Waals surface area contributed by atoms with E-state index in [4.69, 9.17) is 0 Å². The summed E-state index contributed by atoms with van der Waals surface area (Å²) in [5.74, 6) is -0.790. The molecule has 0 spiro atoms. The fraction of sp³-hybridized carbons (Fsp3) is 0.333. The lowest BCUT2D eigenvalue weighted by molar-refractivity contribution is -0.128. The molecule has 0 saturated heterocycles. The highest BCUT2D eigenvalue weighted by Crippen LogP contribution is 2.20. The van der Waals surface area contributed by atoms with Crippen molar-refractivity contribution in [2.75, 3.05) is 13.6 Å². The van der Waals surface area contributed by atoms with E-state index in [2.05, 4.69) is 16.0 Å². The van der Waals surface area contributed by atoms with E-state index >= 15 is 0 Å². The molecule has 3 N–H and O–H groups in total. The average Bonchev–Trinajstić information content (AvgIpc) is 2.68. The lowest BCUT2D eigenvalue weighted by Gasteiger charge is -2.20. The number of benzene rings is 2. The van der Waals surface area contributed by atoms with Crippen molar-refractivity contribution in [1.82, 2.24) is 16.0 Å². The Hall–Kier alpha value is -2.73. The third-order valence-electron chi connectivity index (χ3n) is 4.47. The smallest absolute Gasteiger partial charge is 0.246 e. The first-order chi connectivity index (χ1) is 12.8. The molecule has 27 heavy (non-hydrogen) atoms. The van der Waals surface area contributed by atoms with Crippen LogP contribution in [0.2, 0.25) is 0 Å². The van der Waals surface area contributed by atoms with Crippen molar-refractivity contribution in [3.8, 4) is 0 Å². The predicted octanol–water partition coefficient (Wildman–Crippen LogP) is 2.70. The molecule has 0 heterocycles. The summed E-state index contributed by atoms with van der Waals surface area (Å²) in [7, 11) is 1.53. The minimum Gasteiger partial charge on any atom is -0.357 e. The summed E-state index contributed by atoms with van der Waals surface area (Å²) in [6.45, 7) is 5.39. The number of halogens is 1. The molecule has 0 aliphatic heterocycles. The van der Waals surface area contributed by atoms with Crippen LogP contribution in [0.15, 0.2) is 42.5 Å². The fourth-order valence-electron chi connectivity index (χ4n) is 2.90. The Balaban J connectivity index is 2.00. The van der Waals surface area contributed by atoms with E-state index in [-0.39, 0.29) is 30.2 Å². The molecule has 2 aromatic rings. The van der Waals surface area contributed by atoms with E-state index in [1.165, 1.54) is 7.05 Å². The molecule has 2 aromatic carbocycles. The molecular formula is C21H26FN3O2. The van der Waals surface area contributed by atoms with Crippen molar-refractivity contribution in [3.63, 3.8) is 0 Å². The largest absolute Gasteiger partial charge is 0.357 e. The highest BCUT2D eigenvalue weighted by Gasteiger charge is 2.21. The molecule has 2 atom stereocenters. The van der Waals surface area contributed by atoms with E-state index in [1.807, 2.05) is 25.1 Å². The van der Waals surface area contributed by atoms with Crippen LogP contribution in [0.3, 0.4) is 0 Å². The Morgan fingerprint density at radius 1 is 1.04 bits per heavy atom. The minimum atomic E-state index is -0.754. The average molecular weight is 371 g/mol. The van der Waals surface area contributed by atoms with Gasteiger partial charge in [-0.25, -0.2) is 4.39 Å². The van der Waals surface area contributed by atoms with E-state index in [0.29, 0.717) is 16.7 Å². The van der Waals surface area contributed by atoms with Crippen LogP contribution < -0.4 is 16.0 Å². The van der Waals surface area contributed by atoms with Crippen molar-refractivity contribution in [2.45, 2.75) is 32.9 Å². The molecule has 0 bridgehead atoms. The van der Waals surface area contributed by atoms with Gasteiger partial charge in [0.15, 0.2) is 0 Å². The Morgan fingerprint density at radius 3 is 2.19 bits per heavy atom. The summed E-state index contributed by atoms with van der Waals surface area (Å²) in [5, 5.41) is 8.44. The first-order valence-corrected chi connectivity index (χ1v) is 8.89. The molecule has 2 rings (SSSR count). The van der Waals surface area contributed by atoms with Crippen LogP contribution >= 0.6 is 0 Å². The van der Waals surface area contributed by atoms with Gasteiger partial charge in [-0.2, -0.15) is 0 Å². The van der Waals surface area contributed by atoms with E-state index < -0.39 is 6.04 Å². The Labute approximate surface area is 159 Å². The fourth-order valence-corrected chi connectivity index (χ4v) is 2.90. The van der Waals surface area contributed by atoms with Gasteiger partial charge < -0.3 is 16.0 Å². The van der Waals surface area contributed by atoms with E-state index in [1.54, 1.807) is 38.1 Å². The van der Waals surface area contributed by atoms with Crippen LogP contribution in [-0.4, -0.2) is 25.4 Å². The van der Waals surface area contributed by atoms with Crippen LogP contribution in [0.5, 0.6) is 0 Å². The van der Waals surface area contributed by atoms with E-state index in [9.17, 15) is 14.0 Å². The van der Waals surface area contributed by atoms with Gasteiger partial charge in [0.2, 0.25) is 11.8 Å². The van der Waals surface area contributed by atoms with Gasteiger partial charge in [-0.05, 0) is 43.0 Å². The number of likely N-dealkylation sites (N-methyl/N-ethyl adjacent to an activating group) is 1. The summed E-state index contributed by atoms with van der Waals surface area (Å²) in [5.41, 5.74) is 2.77. The van der Waals surface area contributed by atoms with Gasteiger partial charge in [-0.15, -0.1) is 0 Å². The van der Waals surface area contributed by atoms with Crippen molar-refractivity contribution in [1.29, 1.82) is 0 Å². The molecule has 2 amide bonds. The summed E-state index contributed by atoms with van der Waals surface area (Å²) < 4.78 is 13.8. The minimum absolute atomic E-state index is 0.0387. The van der Waals surface area contributed by atoms with Crippen LogP contribution in [-0.2, 0) is 9.59 Å². The third kappa shape index (κ3) is 5.37. The third-order valence-corrected chi connectivity index (χ3v) is 4.47. The predicted molar refractivity (Wildman–Crippen MR) is 104 cm³/mol. The molecule has 144 valence electrons. The number of amides is 2. The van der Waals surface area contributed by atoms with Gasteiger partial charge >= 0.3 is 0 Å². The zero-order chi connectivity index (χ0) is 20.0. The number of hydrogen-bond donors (Lipinski definition) is 3. The SMILES string of the molecule is CNC(=O)[C@@H](NC(=O)CN[C@H](C)c1cc(C)c(F)c(C)c1)c1ccccc1. The quantitative estimate of drug-likeness (QED) is 0.701. The molecule has 0 unspecified atom stereocenters. The molecular weight excluding hydrogens is 345 g/mol.